The summed E-state index contributed by atoms with van der Waals surface area (Å²) in [7, 11) is 3.89. The van der Waals surface area contributed by atoms with Crippen LogP contribution >= 0.6 is 0 Å². The van der Waals surface area contributed by atoms with Crippen LogP contribution in [0.1, 0.15) is 36.4 Å². The summed E-state index contributed by atoms with van der Waals surface area (Å²) in [6.45, 7) is 5.64. The topological polar surface area (TPSA) is 24.5 Å². The quantitative estimate of drug-likeness (QED) is 0.864. The van der Waals surface area contributed by atoms with E-state index in [0.29, 0.717) is 12.1 Å². The summed E-state index contributed by atoms with van der Waals surface area (Å²) in [5, 5.41) is 3.45. The van der Waals surface area contributed by atoms with Gasteiger partial charge in [0.2, 0.25) is 0 Å². The van der Waals surface area contributed by atoms with Gasteiger partial charge in [-0.3, -0.25) is 0 Å². The maximum atomic E-state index is 5.43. The van der Waals surface area contributed by atoms with Gasteiger partial charge in [0.15, 0.2) is 0 Å². The number of likely N-dealkylation sites (tertiary alicyclic amines) is 1. The van der Waals surface area contributed by atoms with Crippen molar-refractivity contribution in [2.45, 2.75) is 38.3 Å². The molecule has 1 unspecified atom stereocenters. The molecule has 3 heteroatoms. The molecule has 112 valence electrons. The van der Waals surface area contributed by atoms with Gasteiger partial charge in [0, 0.05) is 26.2 Å². The van der Waals surface area contributed by atoms with E-state index in [-0.39, 0.29) is 0 Å². The van der Waals surface area contributed by atoms with Crippen LogP contribution in [0, 0.1) is 6.92 Å². The molecule has 1 aliphatic rings. The first-order chi connectivity index (χ1) is 9.72. The van der Waals surface area contributed by atoms with Crippen molar-refractivity contribution >= 4 is 0 Å². The smallest absolute Gasteiger partial charge is 0.0595 e. The van der Waals surface area contributed by atoms with Crippen molar-refractivity contribution in [1.82, 2.24) is 10.2 Å². The van der Waals surface area contributed by atoms with Crippen molar-refractivity contribution in [2.75, 3.05) is 33.8 Å². The van der Waals surface area contributed by atoms with E-state index < -0.39 is 0 Å². The summed E-state index contributed by atoms with van der Waals surface area (Å²) in [4.78, 5) is 2.56. The van der Waals surface area contributed by atoms with Crippen molar-refractivity contribution in [3.63, 3.8) is 0 Å². The first kappa shape index (κ1) is 15.5. The predicted octanol–water partition coefficient (Wildman–Crippen LogP) is 2.76. The molecule has 1 saturated heterocycles. The van der Waals surface area contributed by atoms with Gasteiger partial charge in [-0.05, 0) is 45.3 Å². The summed E-state index contributed by atoms with van der Waals surface area (Å²) in [6.07, 6.45) is 3.98. The van der Waals surface area contributed by atoms with E-state index in [1.165, 1.54) is 37.1 Å². The SMILES string of the molecule is CNC(CCN1CCC(OC)CC1)c1ccc(C)cc1. The van der Waals surface area contributed by atoms with E-state index in [1.807, 2.05) is 7.11 Å². The van der Waals surface area contributed by atoms with Crippen LogP contribution in [-0.2, 0) is 4.74 Å². The number of aryl methyl sites for hydroxylation is 1. The first-order valence-corrected chi connectivity index (χ1v) is 7.72. The number of nitrogens with zero attached hydrogens (tertiary/aromatic N) is 1. The number of hydrogen-bond acceptors (Lipinski definition) is 3. The maximum Gasteiger partial charge on any atom is 0.0595 e. The zero-order valence-corrected chi connectivity index (χ0v) is 13.1. The van der Waals surface area contributed by atoms with Gasteiger partial charge >= 0.3 is 0 Å². The molecular weight excluding hydrogens is 248 g/mol. The molecule has 1 aliphatic heterocycles. The third-order valence-electron chi connectivity index (χ3n) is 4.43. The van der Waals surface area contributed by atoms with Crippen LogP contribution in [0.25, 0.3) is 0 Å². The summed E-state index contributed by atoms with van der Waals surface area (Å²) in [5.41, 5.74) is 2.72. The molecule has 0 aromatic heterocycles. The average molecular weight is 276 g/mol. The Morgan fingerprint density at radius 1 is 1.25 bits per heavy atom. The van der Waals surface area contributed by atoms with Gasteiger partial charge in [-0.1, -0.05) is 29.8 Å². The molecule has 1 fully saturated rings. The Morgan fingerprint density at radius 3 is 2.45 bits per heavy atom. The monoisotopic (exact) mass is 276 g/mol. The maximum absolute atomic E-state index is 5.43. The lowest BCUT2D eigenvalue weighted by Gasteiger charge is -2.32. The number of methoxy groups -OCH3 is 1. The molecule has 1 heterocycles. The van der Waals surface area contributed by atoms with Crippen LogP contribution in [0.4, 0.5) is 0 Å². The Hall–Kier alpha value is -0.900. The molecule has 1 aromatic carbocycles. The number of benzene rings is 1. The van der Waals surface area contributed by atoms with Crippen molar-refractivity contribution in [3.05, 3.63) is 35.4 Å². The van der Waals surface area contributed by atoms with Gasteiger partial charge in [0.05, 0.1) is 6.10 Å². The Morgan fingerprint density at radius 2 is 1.90 bits per heavy atom. The van der Waals surface area contributed by atoms with Gasteiger partial charge < -0.3 is 15.0 Å². The second-order valence-electron chi connectivity index (χ2n) is 5.82. The van der Waals surface area contributed by atoms with Crippen LogP contribution in [0.5, 0.6) is 0 Å². The van der Waals surface area contributed by atoms with Crippen LogP contribution in [0.3, 0.4) is 0 Å². The van der Waals surface area contributed by atoms with E-state index in [0.717, 1.165) is 13.0 Å². The van der Waals surface area contributed by atoms with Gasteiger partial charge in [-0.2, -0.15) is 0 Å². The molecule has 0 spiro atoms. The summed E-state index contributed by atoms with van der Waals surface area (Å²) < 4.78 is 5.43. The fourth-order valence-corrected chi connectivity index (χ4v) is 2.96. The molecule has 1 N–H and O–H groups in total. The number of hydrogen-bond donors (Lipinski definition) is 1. The van der Waals surface area contributed by atoms with E-state index in [9.17, 15) is 0 Å². The Bertz CT molecular complexity index is 382. The number of ether oxygens (including phenoxy) is 1. The van der Waals surface area contributed by atoms with Crippen molar-refractivity contribution in [2.24, 2.45) is 0 Å². The highest BCUT2D eigenvalue weighted by molar-refractivity contribution is 5.24. The number of rotatable bonds is 6. The van der Waals surface area contributed by atoms with E-state index in [4.69, 9.17) is 4.74 Å². The fraction of sp³-hybridized carbons (Fsp3) is 0.647. The average Bonchev–Trinajstić information content (AvgIpc) is 2.50. The zero-order chi connectivity index (χ0) is 14.4. The third-order valence-corrected chi connectivity index (χ3v) is 4.43. The van der Waals surface area contributed by atoms with Gasteiger partial charge in [-0.25, -0.2) is 0 Å². The van der Waals surface area contributed by atoms with Crippen molar-refractivity contribution in [3.8, 4) is 0 Å². The Kier molecular flexibility index (Phi) is 6.02. The molecule has 0 aliphatic carbocycles. The summed E-state index contributed by atoms with van der Waals surface area (Å²) in [6, 6.07) is 9.34. The molecule has 0 amide bonds. The lowest BCUT2D eigenvalue weighted by Crippen LogP contribution is -2.38. The first-order valence-electron chi connectivity index (χ1n) is 7.72. The van der Waals surface area contributed by atoms with Crippen LogP contribution in [-0.4, -0.2) is 44.8 Å². The lowest BCUT2D eigenvalue weighted by molar-refractivity contribution is 0.0401. The van der Waals surface area contributed by atoms with E-state index in [1.54, 1.807) is 0 Å². The molecule has 0 radical (unpaired) electrons. The second kappa shape index (κ2) is 7.77. The van der Waals surface area contributed by atoms with Crippen LogP contribution < -0.4 is 5.32 Å². The zero-order valence-electron chi connectivity index (χ0n) is 13.1. The van der Waals surface area contributed by atoms with Crippen LogP contribution in [0.15, 0.2) is 24.3 Å². The minimum atomic E-state index is 0.454. The van der Waals surface area contributed by atoms with Gasteiger partial charge in [0.25, 0.3) is 0 Å². The third kappa shape index (κ3) is 4.30. The highest BCUT2D eigenvalue weighted by atomic mass is 16.5. The molecule has 3 nitrogen and oxygen atoms in total. The molecule has 20 heavy (non-hydrogen) atoms. The highest BCUT2D eigenvalue weighted by Gasteiger charge is 2.19. The number of nitrogens with one attached hydrogen (secondary N) is 1. The number of piperidine rings is 1. The summed E-state index contributed by atoms with van der Waals surface area (Å²) in [5.74, 6) is 0. The van der Waals surface area contributed by atoms with Gasteiger partial charge in [0.1, 0.15) is 0 Å². The molecule has 0 saturated carbocycles. The van der Waals surface area contributed by atoms with E-state index >= 15 is 0 Å². The normalized spacial score (nSPS) is 19.1. The highest BCUT2D eigenvalue weighted by Crippen LogP contribution is 2.19. The van der Waals surface area contributed by atoms with Crippen LogP contribution in [0.2, 0.25) is 0 Å². The van der Waals surface area contributed by atoms with E-state index in [2.05, 4.69) is 48.5 Å². The second-order valence-corrected chi connectivity index (χ2v) is 5.82. The minimum absolute atomic E-state index is 0.454. The Labute approximate surface area is 123 Å². The van der Waals surface area contributed by atoms with Crippen molar-refractivity contribution in [1.29, 1.82) is 0 Å². The molecule has 2 rings (SSSR count). The lowest BCUT2D eigenvalue weighted by atomic mass is 10.0. The minimum Gasteiger partial charge on any atom is -0.381 e. The molecular formula is C17H28N2O. The Balaban J connectivity index is 1.81. The molecule has 1 aromatic rings. The standard InChI is InChI=1S/C17H28N2O/c1-14-4-6-15(7-5-14)17(18-2)10-13-19-11-8-16(20-3)9-12-19/h4-7,16-18H,8-13H2,1-3H3. The summed E-state index contributed by atoms with van der Waals surface area (Å²) >= 11 is 0. The molecule has 1 atom stereocenters. The fourth-order valence-electron chi connectivity index (χ4n) is 2.96. The largest absolute Gasteiger partial charge is 0.381 e. The predicted molar refractivity (Wildman–Crippen MR) is 84.1 cm³/mol. The van der Waals surface area contributed by atoms with Gasteiger partial charge in [-0.15, -0.1) is 0 Å². The molecule has 0 bridgehead atoms. The van der Waals surface area contributed by atoms with Crippen molar-refractivity contribution < 1.29 is 4.74 Å².